The molecule has 0 atom stereocenters. The Morgan fingerprint density at radius 2 is 1.47 bits per heavy atom. The topological polar surface area (TPSA) is 55.4 Å². The second-order valence-electron chi connectivity index (χ2n) is 2.18. The van der Waals surface area contributed by atoms with E-state index in [0.29, 0.717) is 17.6 Å². The van der Waals surface area contributed by atoms with Crippen LogP contribution in [-0.4, -0.2) is 19.5 Å². The molecule has 0 aliphatic heterocycles. The first-order valence-electron chi connectivity index (χ1n) is 6.32. The SMILES string of the molecule is C/C=C(C=O)\C(=C/C)NC(=O)OC.C=C.CC.CC. The lowest BCUT2D eigenvalue weighted by Gasteiger charge is -2.06. The van der Waals surface area contributed by atoms with Crippen LogP contribution in [0.4, 0.5) is 4.79 Å². The van der Waals surface area contributed by atoms with Gasteiger partial charge >= 0.3 is 6.09 Å². The summed E-state index contributed by atoms with van der Waals surface area (Å²) in [4.78, 5) is 21.3. The van der Waals surface area contributed by atoms with E-state index in [1.807, 2.05) is 27.7 Å². The number of ether oxygens (including phenoxy) is 1. The average molecular weight is 271 g/mol. The highest BCUT2D eigenvalue weighted by Gasteiger charge is 2.06. The first kappa shape index (κ1) is 25.9. The van der Waals surface area contributed by atoms with Crippen molar-refractivity contribution >= 4 is 12.4 Å². The number of hydrogen-bond acceptors (Lipinski definition) is 3. The zero-order valence-corrected chi connectivity index (χ0v) is 13.4. The molecule has 0 aromatic rings. The number of carbonyl (C=O) groups excluding carboxylic acids is 2. The van der Waals surface area contributed by atoms with Crippen molar-refractivity contribution in [2.24, 2.45) is 0 Å². The van der Waals surface area contributed by atoms with Crippen LogP contribution >= 0.6 is 0 Å². The minimum atomic E-state index is -0.589. The maximum atomic E-state index is 10.8. The Balaban J connectivity index is -0.000000163. The number of amides is 1. The summed E-state index contributed by atoms with van der Waals surface area (Å²) in [6.45, 7) is 17.4. The Labute approximate surface area is 118 Å². The lowest BCUT2D eigenvalue weighted by molar-refractivity contribution is -0.104. The zero-order chi connectivity index (χ0) is 16.3. The molecule has 4 heteroatoms. The van der Waals surface area contributed by atoms with Gasteiger partial charge in [-0.05, 0) is 13.8 Å². The molecule has 0 rings (SSSR count). The van der Waals surface area contributed by atoms with Gasteiger partial charge in [0.2, 0.25) is 0 Å². The highest BCUT2D eigenvalue weighted by Crippen LogP contribution is 2.03. The summed E-state index contributed by atoms with van der Waals surface area (Å²) < 4.78 is 4.39. The van der Waals surface area contributed by atoms with Gasteiger partial charge in [0.1, 0.15) is 0 Å². The summed E-state index contributed by atoms with van der Waals surface area (Å²) in [5, 5.41) is 2.42. The van der Waals surface area contributed by atoms with E-state index >= 15 is 0 Å². The van der Waals surface area contributed by atoms with Gasteiger partial charge in [-0.3, -0.25) is 10.1 Å². The largest absolute Gasteiger partial charge is 0.453 e. The predicted molar refractivity (Wildman–Crippen MR) is 83.1 cm³/mol. The smallest absolute Gasteiger partial charge is 0.411 e. The van der Waals surface area contributed by atoms with Gasteiger partial charge in [-0.15, -0.1) is 13.2 Å². The van der Waals surface area contributed by atoms with Crippen LogP contribution in [0.15, 0.2) is 36.6 Å². The molecule has 0 fully saturated rings. The van der Waals surface area contributed by atoms with E-state index in [1.165, 1.54) is 7.11 Å². The standard InChI is InChI=1S/C9H13NO3.2C2H6.C2H4/c1-4-7(6-11)8(5-2)10-9(12)13-3;3*1-2/h4-6H,1-3H3,(H,10,12);2*1-2H3;1-2H2/b7-4-,8-5+;;;. The van der Waals surface area contributed by atoms with Crippen LogP contribution in [0.25, 0.3) is 0 Å². The van der Waals surface area contributed by atoms with Crippen molar-refractivity contribution in [1.29, 1.82) is 0 Å². The molecule has 0 unspecified atom stereocenters. The maximum Gasteiger partial charge on any atom is 0.411 e. The van der Waals surface area contributed by atoms with Gasteiger partial charge in [0.15, 0.2) is 6.29 Å². The lowest BCUT2D eigenvalue weighted by Crippen LogP contribution is -2.23. The number of aldehydes is 1. The third kappa shape index (κ3) is 16.2. The van der Waals surface area contributed by atoms with Crippen LogP contribution in [0.5, 0.6) is 0 Å². The summed E-state index contributed by atoms with van der Waals surface area (Å²) in [6.07, 6.45) is 3.32. The van der Waals surface area contributed by atoms with E-state index < -0.39 is 6.09 Å². The van der Waals surface area contributed by atoms with E-state index in [1.54, 1.807) is 26.0 Å². The van der Waals surface area contributed by atoms with Crippen molar-refractivity contribution in [1.82, 2.24) is 5.32 Å². The first-order chi connectivity index (χ1) is 9.19. The number of allylic oxidation sites excluding steroid dienone is 3. The van der Waals surface area contributed by atoms with Crippen LogP contribution in [-0.2, 0) is 9.53 Å². The van der Waals surface area contributed by atoms with Gasteiger partial charge in [-0.25, -0.2) is 4.79 Å². The van der Waals surface area contributed by atoms with Crippen molar-refractivity contribution in [3.63, 3.8) is 0 Å². The Bertz CT molecular complexity index is 269. The molecule has 0 aliphatic carbocycles. The van der Waals surface area contributed by atoms with Crippen LogP contribution < -0.4 is 5.32 Å². The zero-order valence-electron chi connectivity index (χ0n) is 13.4. The number of carbonyl (C=O) groups is 2. The molecule has 112 valence electrons. The third-order valence-corrected chi connectivity index (χ3v) is 1.46. The van der Waals surface area contributed by atoms with Gasteiger partial charge in [0.05, 0.1) is 7.11 Å². The molecule has 1 N–H and O–H groups in total. The Hall–Kier alpha value is -1.84. The normalized spacial score (nSPS) is 9.21. The summed E-state index contributed by atoms with van der Waals surface area (Å²) in [5.41, 5.74) is 0.872. The Morgan fingerprint density at radius 3 is 1.68 bits per heavy atom. The van der Waals surface area contributed by atoms with Crippen molar-refractivity contribution in [3.05, 3.63) is 36.6 Å². The van der Waals surface area contributed by atoms with Crippen molar-refractivity contribution in [2.45, 2.75) is 41.5 Å². The molecule has 0 aromatic carbocycles. The molecule has 0 aliphatic rings. The first-order valence-corrected chi connectivity index (χ1v) is 6.32. The summed E-state index contributed by atoms with van der Waals surface area (Å²) in [7, 11) is 1.26. The maximum absolute atomic E-state index is 10.8. The van der Waals surface area contributed by atoms with Crippen molar-refractivity contribution in [3.8, 4) is 0 Å². The highest BCUT2D eigenvalue weighted by atomic mass is 16.5. The fourth-order valence-corrected chi connectivity index (χ4v) is 0.759. The van der Waals surface area contributed by atoms with E-state index in [0.717, 1.165) is 0 Å². The summed E-state index contributed by atoms with van der Waals surface area (Å²) >= 11 is 0. The molecule has 4 nitrogen and oxygen atoms in total. The predicted octanol–water partition coefficient (Wildman–Crippen LogP) is 4.25. The second-order valence-corrected chi connectivity index (χ2v) is 2.18. The molecule has 19 heavy (non-hydrogen) atoms. The Kier molecular flexibility index (Phi) is 34.2. The molecule has 1 amide bonds. The minimum Gasteiger partial charge on any atom is -0.453 e. The summed E-state index contributed by atoms with van der Waals surface area (Å²) in [5.74, 6) is 0. The molecule has 0 bridgehead atoms. The third-order valence-electron chi connectivity index (χ3n) is 1.46. The van der Waals surface area contributed by atoms with Gasteiger partial charge in [0.25, 0.3) is 0 Å². The molecule has 0 aromatic heterocycles. The Morgan fingerprint density at radius 1 is 1.05 bits per heavy atom. The fraction of sp³-hybridized carbons (Fsp3) is 0.467. The lowest BCUT2D eigenvalue weighted by atomic mass is 10.2. The van der Waals surface area contributed by atoms with Gasteiger partial charge in [-0.2, -0.15) is 0 Å². The summed E-state index contributed by atoms with van der Waals surface area (Å²) in [6, 6.07) is 0. The van der Waals surface area contributed by atoms with Gasteiger partial charge in [0, 0.05) is 11.3 Å². The molecule has 0 saturated carbocycles. The highest BCUT2D eigenvalue weighted by molar-refractivity contribution is 5.83. The van der Waals surface area contributed by atoms with E-state index in [2.05, 4.69) is 23.2 Å². The molecular weight excluding hydrogens is 242 g/mol. The quantitative estimate of drug-likeness (QED) is 0.361. The van der Waals surface area contributed by atoms with E-state index in [-0.39, 0.29) is 0 Å². The van der Waals surface area contributed by atoms with Gasteiger partial charge in [-0.1, -0.05) is 39.8 Å². The molecule has 0 saturated heterocycles. The number of nitrogens with one attached hydrogen (secondary N) is 1. The molecule has 0 spiro atoms. The average Bonchev–Trinajstić information content (AvgIpc) is 2.53. The van der Waals surface area contributed by atoms with Crippen LogP contribution in [0.1, 0.15) is 41.5 Å². The van der Waals surface area contributed by atoms with Crippen molar-refractivity contribution < 1.29 is 14.3 Å². The molecular formula is C15H29NO3. The van der Waals surface area contributed by atoms with Crippen molar-refractivity contribution in [2.75, 3.05) is 7.11 Å². The van der Waals surface area contributed by atoms with Crippen LogP contribution in [0.2, 0.25) is 0 Å². The fourth-order valence-electron chi connectivity index (χ4n) is 0.759. The number of methoxy groups -OCH3 is 1. The molecule has 0 radical (unpaired) electrons. The minimum absolute atomic E-state index is 0.424. The number of alkyl carbamates (subject to hydrolysis) is 1. The van der Waals surface area contributed by atoms with E-state index in [4.69, 9.17) is 0 Å². The van der Waals surface area contributed by atoms with Crippen LogP contribution in [0, 0.1) is 0 Å². The van der Waals surface area contributed by atoms with E-state index in [9.17, 15) is 9.59 Å². The number of rotatable bonds is 3. The second kappa shape index (κ2) is 25.1. The monoisotopic (exact) mass is 271 g/mol. The van der Waals surface area contributed by atoms with Gasteiger partial charge < -0.3 is 4.74 Å². The van der Waals surface area contributed by atoms with Crippen LogP contribution in [0.3, 0.4) is 0 Å². The molecule has 0 heterocycles. The number of hydrogen-bond donors (Lipinski definition) is 1.